The van der Waals surface area contributed by atoms with Gasteiger partial charge in [-0.25, -0.2) is 5.01 Å². The lowest BCUT2D eigenvalue weighted by molar-refractivity contribution is -0.117. The third-order valence-corrected chi connectivity index (χ3v) is 5.73. The van der Waals surface area contributed by atoms with Gasteiger partial charge in [-0.2, -0.15) is 0 Å². The molecular weight excluding hydrogens is 457 g/mol. The summed E-state index contributed by atoms with van der Waals surface area (Å²) in [6.45, 7) is 0. The van der Waals surface area contributed by atoms with Gasteiger partial charge in [0.05, 0.1) is 26.9 Å². The topological polar surface area (TPSA) is 109 Å². The van der Waals surface area contributed by atoms with E-state index in [1.54, 1.807) is 30.3 Å². The van der Waals surface area contributed by atoms with Crippen molar-refractivity contribution in [2.75, 3.05) is 5.01 Å². The lowest BCUT2D eigenvalue weighted by atomic mass is 10.0. The van der Waals surface area contributed by atoms with Gasteiger partial charge in [0.2, 0.25) is 0 Å². The predicted octanol–water partition coefficient (Wildman–Crippen LogP) is 3.60. The predicted molar refractivity (Wildman–Crippen MR) is 116 cm³/mol. The molecule has 0 saturated carbocycles. The Morgan fingerprint density at radius 3 is 2.38 bits per heavy atom. The van der Waals surface area contributed by atoms with Gasteiger partial charge in [0.15, 0.2) is 0 Å². The number of furan rings is 1. The number of hydrogen-bond acceptors (Lipinski definition) is 5. The molecule has 0 aliphatic carbocycles. The third-order valence-electron chi connectivity index (χ3n) is 4.99. The molecule has 2 aromatic carbocycles. The maximum absolute atomic E-state index is 12.8. The van der Waals surface area contributed by atoms with Crippen LogP contribution in [0.2, 0.25) is 10.0 Å². The molecule has 1 aromatic heterocycles. The molecule has 3 aromatic rings. The van der Waals surface area contributed by atoms with Crippen LogP contribution >= 0.6 is 23.2 Å². The minimum absolute atomic E-state index is 0.129. The fraction of sp³-hybridized carbons (Fsp3) is 0. The second-order valence-corrected chi connectivity index (χ2v) is 7.80. The van der Waals surface area contributed by atoms with E-state index in [1.807, 2.05) is 0 Å². The minimum atomic E-state index is -0.605. The number of amides is 4. The Balaban J connectivity index is 1.43. The first-order chi connectivity index (χ1) is 15.3. The highest BCUT2D eigenvalue weighted by Crippen LogP contribution is 2.30. The van der Waals surface area contributed by atoms with Gasteiger partial charge in [0.25, 0.3) is 23.6 Å². The lowest BCUT2D eigenvalue weighted by Gasteiger charge is -2.15. The Labute approximate surface area is 190 Å². The van der Waals surface area contributed by atoms with Gasteiger partial charge in [0.1, 0.15) is 17.1 Å². The summed E-state index contributed by atoms with van der Waals surface area (Å²) in [4.78, 5) is 48.7. The number of halogens is 2. The molecule has 0 spiro atoms. The maximum atomic E-state index is 12.8. The van der Waals surface area contributed by atoms with Gasteiger partial charge >= 0.3 is 0 Å². The summed E-state index contributed by atoms with van der Waals surface area (Å²) in [5.41, 5.74) is 3.81. The standard InChI is InChI=1S/C22H11Cl2N3O5/c23-16-5-2-11(8-17(16)24)27-22(31)15(21(30)26-27)9-12-3-6-18(32-12)10-1-4-13-14(7-10)20(29)25-19(13)28/h1-9H,(H,26,30)(H,25,28,29)/b15-9+. The second kappa shape index (κ2) is 7.37. The number of anilines is 1. The second-order valence-electron chi connectivity index (χ2n) is 6.98. The molecule has 0 unspecified atom stereocenters. The number of imide groups is 1. The fourth-order valence-electron chi connectivity index (χ4n) is 3.41. The number of fused-ring (bicyclic) bond motifs is 1. The van der Waals surface area contributed by atoms with Gasteiger partial charge in [-0.05, 0) is 48.5 Å². The van der Waals surface area contributed by atoms with Crippen molar-refractivity contribution >= 4 is 58.6 Å². The molecule has 158 valence electrons. The average Bonchev–Trinajstić information content (AvgIpc) is 3.43. The van der Waals surface area contributed by atoms with Gasteiger partial charge in [-0.1, -0.05) is 29.3 Å². The van der Waals surface area contributed by atoms with Crippen molar-refractivity contribution in [2.45, 2.75) is 0 Å². The Bertz CT molecular complexity index is 1390. The van der Waals surface area contributed by atoms with Crippen LogP contribution in [0.5, 0.6) is 0 Å². The summed E-state index contributed by atoms with van der Waals surface area (Å²) in [6.07, 6.45) is 1.32. The molecule has 2 aliphatic heterocycles. The molecule has 10 heteroatoms. The van der Waals surface area contributed by atoms with Gasteiger partial charge in [-0.15, -0.1) is 0 Å². The van der Waals surface area contributed by atoms with Crippen LogP contribution in [-0.4, -0.2) is 23.6 Å². The number of nitrogens with zero attached hydrogens (tertiary/aromatic N) is 1. The van der Waals surface area contributed by atoms with Gasteiger partial charge in [0, 0.05) is 5.56 Å². The van der Waals surface area contributed by atoms with Crippen LogP contribution in [0.25, 0.3) is 17.4 Å². The van der Waals surface area contributed by atoms with E-state index in [9.17, 15) is 19.2 Å². The summed E-state index contributed by atoms with van der Waals surface area (Å²) in [5, 5.41) is 3.85. The van der Waals surface area contributed by atoms with Crippen molar-refractivity contribution < 1.29 is 23.6 Å². The molecule has 5 rings (SSSR count). The third kappa shape index (κ3) is 3.26. The van der Waals surface area contributed by atoms with Crippen molar-refractivity contribution in [3.05, 3.63) is 81.0 Å². The molecule has 2 N–H and O–H groups in total. The van der Waals surface area contributed by atoms with E-state index < -0.39 is 23.6 Å². The first-order valence-electron chi connectivity index (χ1n) is 9.24. The summed E-state index contributed by atoms with van der Waals surface area (Å²) >= 11 is 11.9. The van der Waals surface area contributed by atoms with E-state index in [0.717, 1.165) is 5.01 Å². The van der Waals surface area contributed by atoms with E-state index in [-0.39, 0.29) is 21.9 Å². The number of nitrogens with one attached hydrogen (secondary N) is 2. The average molecular weight is 468 g/mol. The van der Waals surface area contributed by atoms with Crippen LogP contribution in [0, 0.1) is 0 Å². The lowest BCUT2D eigenvalue weighted by Crippen LogP contribution is -2.35. The quantitative estimate of drug-likeness (QED) is 0.347. The molecule has 1 fully saturated rings. The van der Waals surface area contributed by atoms with Crippen LogP contribution in [0.1, 0.15) is 26.5 Å². The number of carbonyl (C=O) groups excluding carboxylic acids is 4. The van der Waals surface area contributed by atoms with Crippen LogP contribution in [-0.2, 0) is 9.59 Å². The monoisotopic (exact) mass is 467 g/mol. The number of hydrogen-bond donors (Lipinski definition) is 2. The Kier molecular flexibility index (Phi) is 4.61. The molecule has 0 bridgehead atoms. The number of carbonyl (C=O) groups is 4. The molecule has 3 heterocycles. The summed E-state index contributed by atoms with van der Waals surface area (Å²) < 4.78 is 5.74. The fourth-order valence-corrected chi connectivity index (χ4v) is 3.70. The smallest absolute Gasteiger partial charge is 0.282 e. The number of benzene rings is 2. The molecule has 1 saturated heterocycles. The maximum Gasteiger partial charge on any atom is 0.282 e. The van der Waals surface area contributed by atoms with Gasteiger partial charge in [-0.3, -0.25) is 29.9 Å². The molecular formula is C22H11Cl2N3O5. The largest absolute Gasteiger partial charge is 0.457 e. The van der Waals surface area contributed by atoms with E-state index in [1.165, 1.54) is 24.3 Å². The Morgan fingerprint density at radius 1 is 0.812 bits per heavy atom. The Hall–Kier alpha value is -3.88. The summed E-state index contributed by atoms with van der Waals surface area (Å²) in [6, 6.07) is 12.5. The molecule has 8 nitrogen and oxygen atoms in total. The van der Waals surface area contributed by atoms with Gasteiger partial charge < -0.3 is 4.42 Å². The van der Waals surface area contributed by atoms with Crippen molar-refractivity contribution in [1.29, 1.82) is 0 Å². The van der Waals surface area contributed by atoms with E-state index in [2.05, 4.69) is 10.7 Å². The summed E-state index contributed by atoms with van der Waals surface area (Å²) in [5.74, 6) is -1.45. The van der Waals surface area contributed by atoms with Crippen molar-refractivity contribution in [3.63, 3.8) is 0 Å². The highest BCUT2D eigenvalue weighted by molar-refractivity contribution is 6.42. The normalized spacial score (nSPS) is 16.6. The first kappa shape index (κ1) is 20.0. The SMILES string of the molecule is O=C1NN(c2ccc(Cl)c(Cl)c2)C(=O)/C1=C/c1ccc(-c2ccc3c(c2)C(=O)NC3=O)o1. The molecule has 0 atom stereocenters. The van der Waals surface area contributed by atoms with E-state index >= 15 is 0 Å². The highest BCUT2D eigenvalue weighted by Gasteiger charge is 2.35. The Morgan fingerprint density at radius 2 is 1.59 bits per heavy atom. The zero-order chi connectivity index (χ0) is 22.6. The molecule has 0 radical (unpaired) electrons. The van der Waals surface area contributed by atoms with E-state index in [4.69, 9.17) is 27.6 Å². The van der Waals surface area contributed by atoms with Crippen molar-refractivity contribution in [2.24, 2.45) is 0 Å². The van der Waals surface area contributed by atoms with Crippen molar-refractivity contribution in [1.82, 2.24) is 10.7 Å². The molecule has 4 amide bonds. The van der Waals surface area contributed by atoms with Crippen LogP contribution in [0.15, 0.2) is 58.5 Å². The van der Waals surface area contributed by atoms with Crippen LogP contribution < -0.4 is 15.8 Å². The van der Waals surface area contributed by atoms with E-state index in [0.29, 0.717) is 27.6 Å². The van der Waals surface area contributed by atoms with Crippen LogP contribution in [0.3, 0.4) is 0 Å². The first-order valence-corrected chi connectivity index (χ1v) is 9.99. The highest BCUT2D eigenvalue weighted by atomic mass is 35.5. The molecule has 2 aliphatic rings. The molecule has 32 heavy (non-hydrogen) atoms. The number of hydrazine groups is 1. The van der Waals surface area contributed by atoms with Crippen LogP contribution in [0.4, 0.5) is 5.69 Å². The zero-order valence-electron chi connectivity index (χ0n) is 15.9. The zero-order valence-corrected chi connectivity index (χ0v) is 17.5. The van der Waals surface area contributed by atoms with Crippen molar-refractivity contribution in [3.8, 4) is 11.3 Å². The number of rotatable bonds is 3. The summed E-state index contributed by atoms with van der Waals surface area (Å²) in [7, 11) is 0. The minimum Gasteiger partial charge on any atom is -0.457 e.